The molecule has 0 bridgehead atoms. The van der Waals surface area contributed by atoms with Crippen LogP contribution in [0.5, 0.6) is 0 Å². The lowest BCUT2D eigenvalue weighted by molar-refractivity contribution is 0.200. The number of nitrogens with one attached hydrogen (secondary N) is 1. The van der Waals surface area contributed by atoms with Crippen molar-refractivity contribution in [1.29, 1.82) is 0 Å². The minimum Gasteiger partial charge on any atom is -0.331 e. The zero-order valence-electron chi connectivity index (χ0n) is 12.9. The van der Waals surface area contributed by atoms with Gasteiger partial charge in [0.15, 0.2) is 0 Å². The monoisotopic (exact) mass is 315 g/mol. The Morgan fingerprint density at radius 3 is 2.77 bits per heavy atom. The van der Waals surface area contributed by atoms with Crippen molar-refractivity contribution >= 4 is 17.4 Å². The molecule has 0 unspecified atom stereocenters. The summed E-state index contributed by atoms with van der Waals surface area (Å²) < 4.78 is 0. The molecule has 1 aromatic heterocycles. The number of benzene rings is 1. The molecule has 0 spiro atoms. The Kier molecular flexibility index (Phi) is 4.43. The Hall–Kier alpha value is -1.88. The summed E-state index contributed by atoms with van der Waals surface area (Å²) in [6, 6.07) is 10.3. The first kappa shape index (κ1) is 15.0. The molecular weight excluding hydrogens is 294 g/mol. The molecule has 0 radical (unpaired) electrons. The van der Waals surface area contributed by atoms with Gasteiger partial charge in [0.2, 0.25) is 0 Å². The Morgan fingerprint density at radius 2 is 2.18 bits per heavy atom. The second-order valence-electron chi connectivity index (χ2n) is 6.00. The molecule has 5 heteroatoms. The number of amides is 2. The second kappa shape index (κ2) is 6.48. The van der Waals surface area contributed by atoms with Crippen LogP contribution in [0, 0.1) is 11.8 Å². The molecule has 3 rings (SSSR count). The van der Waals surface area contributed by atoms with Gasteiger partial charge in [-0.1, -0.05) is 37.3 Å². The van der Waals surface area contributed by atoms with Crippen molar-refractivity contribution in [2.45, 2.75) is 25.9 Å². The number of thiazole rings is 1. The summed E-state index contributed by atoms with van der Waals surface area (Å²) >= 11 is 1.57. The van der Waals surface area contributed by atoms with Crippen LogP contribution in [-0.2, 0) is 6.54 Å². The number of aromatic nitrogens is 1. The number of nitrogens with zero attached hydrogens (tertiary/aromatic N) is 2. The van der Waals surface area contributed by atoms with E-state index in [2.05, 4.69) is 29.4 Å². The van der Waals surface area contributed by atoms with Gasteiger partial charge in [0.25, 0.3) is 0 Å². The van der Waals surface area contributed by atoms with Gasteiger partial charge in [-0.15, -0.1) is 11.3 Å². The highest BCUT2D eigenvalue weighted by Gasteiger charge is 2.41. The zero-order chi connectivity index (χ0) is 15.5. The van der Waals surface area contributed by atoms with Crippen molar-refractivity contribution in [2.75, 3.05) is 7.05 Å². The van der Waals surface area contributed by atoms with Crippen LogP contribution in [-0.4, -0.2) is 23.0 Å². The van der Waals surface area contributed by atoms with E-state index in [1.807, 2.05) is 30.6 Å². The van der Waals surface area contributed by atoms with Crippen molar-refractivity contribution in [3.05, 3.63) is 52.5 Å². The molecule has 1 aliphatic carbocycles. The van der Waals surface area contributed by atoms with Gasteiger partial charge < -0.3 is 10.2 Å². The van der Waals surface area contributed by atoms with E-state index >= 15 is 0 Å². The number of hydrogen-bond acceptors (Lipinski definition) is 3. The molecule has 116 valence electrons. The molecule has 4 nitrogen and oxygen atoms in total. The van der Waals surface area contributed by atoms with Crippen LogP contribution in [0.3, 0.4) is 0 Å². The smallest absolute Gasteiger partial charge is 0.318 e. The lowest BCUT2D eigenvalue weighted by Crippen LogP contribution is -2.39. The van der Waals surface area contributed by atoms with Gasteiger partial charge >= 0.3 is 6.03 Å². The van der Waals surface area contributed by atoms with E-state index in [0.717, 1.165) is 5.01 Å². The predicted molar refractivity (Wildman–Crippen MR) is 88.6 cm³/mol. The van der Waals surface area contributed by atoms with Crippen molar-refractivity contribution < 1.29 is 4.79 Å². The molecule has 0 saturated heterocycles. The highest BCUT2D eigenvalue weighted by atomic mass is 32.1. The van der Waals surface area contributed by atoms with Crippen LogP contribution in [0.2, 0.25) is 0 Å². The number of urea groups is 1. The fourth-order valence-corrected chi connectivity index (χ4v) is 3.43. The average molecular weight is 315 g/mol. The lowest BCUT2D eigenvalue weighted by Gasteiger charge is -2.24. The minimum atomic E-state index is -0.0387. The Morgan fingerprint density at radius 1 is 1.45 bits per heavy atom. The topological polar surface area (TPSA) is 45.2 Å². The van der Waals surface area contributed by atoms with Crippen molar-refractivity contribution in [3.63, 3.8) is 0 Å². The zero-order valence-corrected chi connectivity index (χ0v) is 13.7. The van der Waals surface area contributed by atoms with Crippen molar-refractivity contribution in [1.82, 2.24) is 15.2 Å². The summed E-state index contributed by atoms with van der Waals surface area (Å²) in [5, 5.41) is 6.08. The van der Waals surface area contributed by atoms with Gasteiger partial charge in [0, 0.05) is 18.6 Å². The van der Waals surface area contributed by atoms with Crippen LogP contribution in [0.25, 0.3) is 0 Å². The number of rotatable bonds is 5. The van der Waals surface area contributed by atoms with E-state index in [0.29, 0.717) is 18.4 Å². The maximum atomic E-state index is 12.5. The third-order valence-electron chi connectivity index (χ3n) is 4.24. The van der Waals surface area contributed by atoms with Crippen LogP contribution in [0.4, 0.5) is 4.79 Å². The first-order valence-corrected chi connectivity index (χ1v) is 8.48. The molecular formula is C17H21N3OS. The van der Waals surface area contributed by atoms with Gasteiger partial charge in [0.05, 0.1) is 12.6 Å². The standard InChI is InChI=1S/C17H21N3OS/c1-12-10-14(12)16(13-6-4-3-5-7-13)19-17(21)20(2)11-15-18-8-9-22-15/h3-9,12,14,16H,10-11H2,1-2H3,(H,19,21)/t12-,14-,16-/m1/s1. The fraction of sp³-hybridized carbons (Fsp3) is 0.412. The molecule has 1 heterocycles. The van der Waals surface area contributed by atoms with Crippen LogP contribution < -0.4 is 5.32 Å². The van der Waals surface area contributed by atoms with E-state index in [-0.39, 0.29) is 12.1 Å². The molecule has 0 aliphatic heterocycles. The Labute approximate surface area is 135 Å². The van der Waals surface area contributed by atoms with Gasteiger partial charge in [-0.25, -0.2) is 9.78 Å². The Bertz CT molecular complexity index is 614. The molecule has 1 fully saturated rings. The lowest BCUT2D eigenvalue weighted by atomic mass is 10.0. The first-order chi connectivity index (χ1) is 10.6. The maximum absolute atomic E-state index is 12.5. The largest absolute Gasteiger partial charge is 0.331 e. The fourth-order valence-electron chi connectivity index (χ4n) is 2.76. The normalized spacial score (nSPS) is 21.2. The molecule has 1 saturated carbocycles. The third-order valence-corrected chi connectivity index (χ3v) is 5.00. The van der Waals surface area contributed by atoms with Crippen LogP contribution in [0.15, 0.2) is 41.9 Å². The van der Waals surface area contributed by atoms with Gasteiger partial charge in [-0.3, -0.25) is 0 Å². The van der Waals surface area contributed by atoms with E-state index in [1.54, 1.807) is 22.4 Å². The van der Waals surface area contributed by atoms with Crippen LogP contribution >= 0.6 is 11.3 Å². The van der Waals surface area contributed by atoms with Crippen molar-refractivity contribution in [3.8, 4) is 0 Å². The molecule has 1 aromatic carbocycles. The number of hydrogen-bond donors (Lipinski definition) is 1. The maximum Gasteiger partial charge on any atom is 0.318 e. The summed E-state index contributed by atoms with van der Waals surface area (Å²) in [5.41, 5.74) is 1.19. The van der Waals surface area contributed by atoms with E-state index < -0.39 is 0 Å². The number of carbonyl (C=O) groups is 1. The summed E-state index contributed by atoms with van der Waals surface area (Å²) in [5.74, 6) is 1.22. The van der Waals surface area contributed by atoms with Gasteiger partial charge in [-0.05, 0) is 23.8 Å². The second-order valence-corrected chi connectivity index (χ2v) is 6.98. The first-order valence-electron chi connectivity index (χ1n) is 7.60. The minimum absolute atomic E-state index is 0.0387. The van der Waals surface area contributed by atoms with E-state index in [4.69, 9.17) is 0 Å². The van der Waals surface area contributed by atoms with Crippen LogP contribution in [0.1, 0.15) is 30.0 Å². The molecule has 22 heavy (non-hydrogen) atoms. The summed E-state index contributed by atoms with van der Waals surface area (Å²) in [7, 11) is 1.81. The average Bonchev–Trinajstić information content (AvgIpc) is 3.02. The molecule has 2 aromatic rings. The third kappa shape index (κ3) is 3.47. The van der Waals surface area contributed by atoms with E-state index in [1.165, 1.54) is 12.0 Å². The molecule has 3 atom stereocenters. The molecule has 1 aliphatic rings. The number of carbonyl (C=O) groups excluding carboxylic acids is 1. The molecule has 1 N–H and O–H groups in total. The SMILES string of the molecule is C[C@@H]1C[C@H]1[C@H](NC(=O)N(C)Cc1nccs1)c1ccccc1. The summed E-state index contributed by atoms with van der Waals surface area (Å²) in [6.45, 7) is 2.79. The highest BCUT2D eigenvalue weighted by Crippen LogP contribution is 2.46. The summed E-state index contributed by atoms with van der Waals surface area (Å²) in [4.78, 5) is 18.4. The molecule has 2 amide bonds. The quantitative estimate of drug-likeness (QED) is 0.915. The van der Waals surface area contributed by atoms with Gasteiger partial charge in [-0.2, -0.15) is 0 Å². The van der Waals surface area contributed by atoms with Gasteiger partial charge in [0.1, 0.15) is 5.01 Å². The predicted octanol–water partition coefficient (Wildman–Crippen LogP) is 3.68. The Balaban J connectivity index is 1.66. The summed E-state index contributed by atoms with van der Waals surface area (Å²) in [6.07, 6.45) is 2.94. The highest BCUT2D eigenvalue weighted by molar-refractivity contribution is 7.09. The van der Waals surface area contributed by atoms with E-state index in [9.17, 15) is 4.79 Å². The van der Waals surface area contributed by atoms with Crippen molar-refractivity contribution in [2.24, 2.45) is 11.8 Å².